The van der Waals surface area contributed by atoms with E-state index in [0.29, 0.717) is 12.8 Å². The number of carbonyl (C=O) groups is 2. The Morgan fingerprint density at radius 1 is 1.27 bits per heavy atom. The minimum Gasteiger partial charge on any atom is -0.480 e. The maximum atomic E-state index is 12.5. The standard InChI is InChI=1S/C16H20N2O7S/c1-26(24,25)11-7-8-12(13(9-11)18(22)23)15(19)17-14(16(20)21)10-5-3-2-4-6-10/h7-10,14H,2-6H2,1H3,(H,17,19)(H,20,21)/t14-/m0/s1. The van der Waals surface area contributed by atoms with E-state index in [1.54, 1.807) is 0 Å². The van der Waals surface area contributed by atoms with Crippen LogP contribution in [-0.4, -0.2) is 42.6 Å². The average Bonchev–Trinajstić information content (AvgIpc) is 2.58. The zero-order valence-electron chi connectivity index (χ0n) is 14.2. The lowest BCUT2D eigenvalue weighted by Crippen LogP contribution is -2.46. The molecule has 2 N–H and O–H groups in total. The molecule has 1 saturated carbocycles. The summed E-state index contributed by atoms with van der Waals surface area (Å²) in [7, 11) is -3.69. The van der Waals surface area contributed by atoms with Crippen LogP contribution in [0.4, 0.5) is 5.69 Å². The van der Waals surface area contributed by atoms with Crippen LogP contribution in [0, 0.1) is 16.0 Å². The number of hydrogen-bond donors (Lipinski definition) is 2. The third kappa shape index (κ3) is 4.57. The predicted octanol–water partition coefficient (Wildman–Crippen LogP) is 1.76. The second-order valence-corrected chi connectivity index (χ2v) is 8.41. The van der Waals surface area contributed by atoms with E-state index < -0.39 is 38.4 Å². The van der Waals surface area contributed by atoms with Crippen LogP contribution in [0.5, 0.6) is 0 Å². The zero-order valence-corrected chi connectivity index (χ0v) is 15.0. The fourth-order valence-electron chi connectivity index (χ4n) is 3.15. The van der Waals surface area contributed by atoms with E-state index in [4.69, 9.17) is 0 Å². The number of carbonyl (C=O) groups excluding carboxylic acids is 1. The molecule has 0 aliphatic heterocycles. The quantitative estimate of drug-likeness (QED) is 0.561. The van der Waals surface area contributed by atoms with E-state index in [1.165, 1.54) is 0 Å². The van der Waals surface area contributed by atoms with Gasteiger partial charge in [-0.15, -0.1) is 0 Å². The van der Waals surface area contributed by atoms with Crippen molar-refractivity contribution in [3.8, 4) is 0 Å². The molecular formula is C16H20N2O7S. The average molecular weight is 384 g/mol. The number of nitrogens with one attached hydrogen (secondary N) is 1. The number of benzene rings is 1. The van der Waals surface area contributed by atoms with Crippen molar-refractivity contribution in [2.24, 2.45) is 5.92 Å². The van der Waals surface area contributed by atoms with Crippen LogP contribution in [0.25, 0.3) is 0 Å². The number of aliphatic carboxylic acids is 1. The highest BCUT2D eigenvalue weighted by Crippen LogP contribution is 2.28. The largest absolute Gasteiger partial charge is 0.480 e. The first kappa shape index (κ1) is 19.8. The van der Waals surface area contributed by atoms with Crippen molar-refractivity contribution in [3.05, 3.63) is 33.9 Å². The Morgan fingerprint density at radius 2 is 1.88 bits per heavy atom. The number of hydrogen-bond acceptors (Lipinski definition) is 6. The molecule has 1 amide bonds. The van der Waals surface area contributed by atoms with Crippen LogP contribution in [-0.2, 0) is 14.6 Å². The van der Waals surface area contributed by atoms with Gasteiger partial charge in [0.15, 0.2) is 9.84 Å². The first-order valence-electron chi connectivity index (χ1n) is 8.13. The zero-order chi connectivity index (χ0) is 19.5. The van der Waals surface area contributed by atoms with Gasteiger partial charge in [-0.25, -0.2) is 13.2 Å². The van der Waals surface area contributed by atoms with Gasteiger partial charge >= 0.3 is 5.97 Å². The van der Waals surface area contributed by atoms with Gasteiger partial charge in [0.2, 0.25) is 0 Å². The first-order valence-corrected chi connectivity index (χ1v) is 10.0. The summed E-state index contributed by atoms with van der Waals surface area (Å²) in [6.07, 6.45) is 4.96. The first-order chi connectivity index (χ1) is 12.1. The number of sulfone groups is 1. The molecule has 9 nitrogen and oxygen atoms in total. The lowest BCUT2D eigenvalue weighted by atomic mass is 9.84. The maximum absolute atomic E-state index is 12.5. The summed E-state index contributed by atoms with van der Waals surface area (Å²) in [5.74, 6) is -2.34. The predicted molar refractivity (Wildman–Crippen MR) is 91.7 cm³/mol. The van der Waals surface area contributed by atoms with Crippen LogP contribution in [0.2, 0.25) is 0 Å². The van der Waals surface area contributed by atoms with Crippen molar-refractivity contribution >= 4 is 27.4 Å². The van der Waals surface area contributed by atoms with Crippen molar-refractivity contribution in [1.82, 2.24) is 5.32 Å². The summed E-state index contributed by atoms with van der Waals surface area (Å²) in [5.41, 5.74) is -1.05. The molecule has 0 spiro atoms. The summed E-state index contributed by atoms with van der Waals surface area (Å²) >= 11 is 0. The van der Waals surface area contributed by atoms with E-state index in [-0.39, 0.29) is 16.4 Å². The SMILES string of the molecule is CS(=O)(=O)c1ccc(C(=O)N[C@H](C(=O)O)C2CCCCC2)c([N+](=O)[O-])c1. The third-order valence-electron chi connectivity index (χ3n) is 4.51. The maximum Gasteiger partial charge on any atom is 0.326 e. The van der Waals surface area contributed by atoms with Crippen molar-refractivity contribution in [3.63, 3.8) is 0 Å². The second-order valence-electron chi connectivity index (χ2n) is 6.40. The molecule has 10 heteroatoms. The molecule has 1 aliphatic rings. The van der Waals surface area contributed by atoms with E-state index in [9.17, 15) is 33.2 Å². The fraction of sp³-hybridized carbons (Fsp3) is 0.500. The van der Waals surface area contributed by atoms with Crippen LogP contribution < -0.4 is 5.32 Å². The van der Waals surface area contributed by atoms with Crippen molar-refractivity contribution in [2.45, 2.75) is 43.0 Å². The molecule has 1 fully saturated rings. The van der Waals surface area contributed by atoms with Crippen molar-refractivity contribution in [2.75, 3.05) is 6.26 Å². The van der Waals surface area contributed by atoms with Gasteiger partial charge in [0, 0.05) is 12.3 Å². The summed E-state index contributed by atoms with van der Waals surface area (Å²) in [6, 6.07) is 1.79. The molecule has 1 atom stereocenters. The molecule has 0 bridgehead atoms. The number of nitro benzene ring substituents is 1. The highest BCUT2D eigenvalue weighted by atomic mass is 32.2. The van der Waals surface area contributed by atoms with E-state index >= 15 is 0 Å². The van der Waals surface area contributed by atoms with Gasteiger partial charge in [0.25, 0.3) is 11.6 Å². The normalized spacial score (nSPS) is 16.7. The molecule has 0 aromatic heterocycles. The number of carboxylic acid groups (broad SMARTS) is 1. The molecule has 142 valence electrons. The molecule has 1 aliphatic carbocycles. The van der Waals surface area contributed by atoms with Crippen LogP contribution in [0.1, 0.15) is 42.5 Å². The summed E-state index contributed by atoms with van der Waals surface area (Å²) in [6.45, 7) is 0. The van der Waals surface area contributed by atoms with Gasteiger partial charge in [-0.05, 0) is 30.9 Å². The Morgan fingerprint density at radius 3 is 2.38 bits per heavy atom. The Labute approximate surface area is 150 Å². The van der Waals surface area contributed by atoms with Crippen molar-refractivity contribution < 1.29 is 28.0 Å². The topological polar surface area (TPSA) is 144 Å². The van der Waals surface area contributed by atoms with Crippen LogP contribution in [0.3, 0.4) is 0 Å². The third-order valence-corrected chi connectivity index (χ3v) is 5.62. The Kier molecular flexibility index (Phi) is 5.96. The summed E-state index contributed by atoms with van der Waals surface area (Å²) in [4.78, 5) is 34.1. The van der Waals surface area contributed by atoms with E-state index in [0.717, 1.165) is 43.7 Å². The van der Waals surface area contributed by atoms with Gasteiger partial charge in [-0.3, -0.25) is 14.9 Å². The lowest BCUT2D eigenvalue weighted by Gasteiger charge is -2.28. The van der Waals surface area contributed by atoms with Gasteiger partial charge < -0.3 is 10.4 Å². The van der Waals surface area contributed by atoms with Crippen molar-refractivity contribution in [1.29, 1.82) is 0 Å². The van der Waals surface area contributed by atoms with Gasteiger partial charge in [0.1, 0.15) is 11.6 Å². The molecule has 0 radical (unpaired) electrons. The fourth-order valence-corrected chi connectivity index (χ4v) is 3.79. The van der Waals surface area contributed by atoms with Gasteiger partial charge in [-0.2, -0.15) is 0 Å². The van der Waals surface area contributed by atoms with Crippen LogP contribution >= 0.6 is 0 Å². The molecular weight excluding hydrogens is 364 g/mol. The summed E-state index contributed by atoms with van der Waals surface area (Å²) < 4.78 is 23.1. The molecule has 0 saturated heterocycles. The Bertz CT molecular complexity index is 829. The van der Waals surface area contributed by atoms with Crippen LogP contribution in [0.15, 0.2) is 23.1 Å². The highest BCUT2D eigenvalue weighted by molar-refractivity contribution is 7.90. The lowest BCUT2D eigenvalue weighted by molar-refractivity contribution is -0.385. The van der Waals surface area contributed by atoms with Gasteiger partial charge in [-0.1, -0.05) is 19.3 Å². The highest BCUT2D eigenvalue weighted by Gasteiger charge is 2.33. The van der Waals surface area contributed by atoms with Gasteiger partial charge in [0.05, 0.1) is 9.82 Å². The molecule has 0 unspecified atom stereocenters. The monoisotopic (exact) mass is 384 g/mol. The van der Waals surface area contributed by atoms with E-state index in [1.807, 2.05) is 0 Å². The number of carboxylic acids is 1. The molecule has 1 aromatic carbocycles. The smallest absolute Gasteiger partial charge is 0.326 e. The molecule has 1 aromatic rings. The Hall–Kier alpha value is -2.49. The summed E-state index contributed by atoms with van der Waals surface area (Å²) in [5, 5.41) is 23.0. The molecule has 26 heavy (non-hydrogen) atoms. The number of rotatable bonds is 6. The number of nitrogens with zero attached hydrogens (tertiary/aromatic N) is 1. The Balaban J connectivity index is 2.32. The number of amides is 1. The molecule has 0 heterocycles. The minimum atomic E-state index is -3.69. The number of nitro groups is 1. The van der Waals surface area contributed by atoms with E-state index in [2.05, 4.69) is 5.32 Å². The minimum absolute atomic E-state index is 0.237. The second kappa shape index (κ2) is 7.81. The molecule has 2 rings (SSSR count).